The highest BCUT2D eigenvalue weighted by atomic mass is 35.5. The minimum Gasteiger partial charge on any atom is -0.507 e. The van der Waals surface area contributed by atoms with Crippen LogP contribution in [-0.2, 0) is 42.6 Å². The molecular formula is C36H31Cl4N5O8. The zero-order valence-corrected chi connectivity index (χ0v) is 31.5. The first kappa shape index (κ1) is 36.8. The van der Waals surface area contributed by atoms with E-state index in [9.17, 15) is 29.1 Å². The van der Waals surface area contributed by atoms with E-state index in [2.05, 4.69) is 11.6 Å². The average molecular weight is 803 g/mol. The smallest absolute Gasteiger partial charge is 0.347 e. The highest BCUT2D eigenvalue weighted by Crippen LogP contribution is 2.64. The molecule has 2 aromatic carbocycles. The lowest BCUT2D eigenvalue weighted by Gasteiger charge is -2.54. The number of ketones is 2. The monoisotopic (exact) mass is 801 g/mol. The Morgan fingerprint density at radius 3 is 2.38 bits per heavy atom. The van der Waals surface area contributed by atoms with Gasteiger partial charge in [0.05, 0.1) is 37.8 Å². The molecule has 4 unspecified atom stereocenters. The zero-order valence-electron chi connectivity index (χ0n) is 28.5. The number of benzene rings is 2. The number of ether oxygens (including phenoxy) is 2. The zero-order chi connectivity index (χ0) is 38.3. The van der Waals surface area contributed by atoms with E-state index in [-0.39, 0.29) is 42.9 Å². The van der Waals surface area contributed by atoms with Crippen molar-refractivity contribution in [2.75, 3.05) is 14.2 Å². The van der Waals surface area contributed by atoms with E-state index in [1.165, 1.54) is 28.2 Å². The molecule has 53 heavy (non-hydrogen) atoms. The van der Waals surface area contributed by atoms with Gasteiger partial charge in [0.25, 0.3) is 5.56 Å². The standard InChI is InChI=1S/C36H31Cl4N5O8/c1-5-7-17-8-6-9-19(29(17)46)26-18-10-13-44-33(50)43(12-11-20-32(49)42(2)22-15-25(53-4)24(52-3)14-21(22)41-20)34(51)45(44)23(18)16-35(39)30(47)27(37)28(38)31(48)36(26,35)40/h5-6,8-10,14-15,23,26,46H,1,7,11-13,16H2,2-4H3. The number of carbonyl (C=O) groups excluding carboxylic acids is 2. The van der Waals surface area contributed by atoms with E-state index in [0.29, 0.717) is 33.7 Å². The number of aromatic nitrogens is 5. The van der Waals surface area contributed by atoms with Crippen LogP contribution in [-0.4, -0.2) is 64.1 Å². The Bertz CT molecular complexity index is 2550. The number of halogens is 4. The van der Waals surface area contributed by atoms with Crippen molar-refractivity contribution >= 4 is 69.0 Å². The molecule has 0 spiro atoms. The molecule has 3 aliphatic rings. The van der Waals surface area contributed by atoms with Crippen molar-refractivity contribution in [1.82, 2.24) is 23.5 Å². The number of rotatable bonds is 8. The number of alkyl halides is 2. The number of carbonyl (C=O) groups is 2. The first-order chi connectivity index (χ1) is 25.2. The Morgan fingerprint density at radius 1 is 1.02 bits per heavy atom. The van der Waals surface area contributed by atoms with Crippen molar-refractivity contribution in [3.05, 3.63) is 113 Å². The first-order valence-corrected chi connectivity index (χ1v) is 17.8. The molecule has 1 N–H and O–H groups in total. The fraction of sp³-hybridized carbons (Fsp3) is 0.333. The summed E-state index contributed by atoms with van der Waals surface area (Å²) in [6.45, 7) is 3.38. The van der Waals surface area contributed by atoms with Gasteiger partial charge in [-0.05, 0) is 17.6 Å². The summed E-state index contributed by atoms with van der Waals surface area (Å²) in [5.41, 5.74) is 0.0724. The topological polar surface area (TPSA) is 157 Å². The molecule has 0 saturated heterocycles. The summed E-state index contributed by atoms with van der Waals surface area (Å²) in [4.78, 5) is 69.5. The quantitative estimate of drug-likeness (QED) is 0.204. The molecule has 1 fully saturated rings. The van der Waals surface area contributed by atoms with E-state index < -0.39 is 66.7 Å². The predicted octanol–water partition coefficient (Wildman–Crippen LogP) is 4.22. The van der Waals surface area contributed by atoms with Gasteiger partial charge in [-0.15, -0.1) is 29.8 Å². The molecule has 0 bridgehead atoms. The highest BCUT2D eigenvalue weighted by Gasteiger charge is 2.71. The number of phenols is 1. The minimum absolute atomic E-state index is 0.0929. The van der Waals surface area contributed by atoms with Gasteiger partial charge in [0.1, 0.15) is 31.3 Å². The summed E-state index contributed by atoms with van der Waals surface area (Å²) >= 11 is 27.1. The number of methoxy groups -OCH3 is 2. The van der Waals surface area contributed by atoms with Crippen molar-refractivity contribution in [3.63, 3.8) is 0 Å². The third kappa shape index (κ3) is 5.11. The van der Waals surface area contributed by atoms with E-state index in [1.807, 2.05) is 0 Å². The van der Waals surface area contributed by atoms with Crippen molar-refractivity contribution < 1.29 is 24.2 Å². The van der Waals surface area contributed by atoms with E-state index in [1.54, 1.807) is 49.5 Å². The maximum Gasteiger partial charge on any atom is 0.347 e. The van der Waals surface area contributed by atoms with Crippen LogP contribution in [0, 0.1) is 0 Å². The number of hydrogen-bond acceptors (Lipinski definition) is 9. The van der Waals surface area contributed by atoms with Gasteiger partial charge in [-0.25, -0.2) is 28.5 Å². The van der Waals surface area contributed by atoms with Crippen molar-refractivity contribution in [2.45, 2.75) is 54.1 Å². The van der Waals surface area contributed by atoms with Gasteiger partial charge in [0.15, 0.2) is 23.1 Å². The Kier molecular flexibility index (Phi) is 9.08. The van der Waals surface area contributed by atoms with E-state index in [4.69, 9.17) is 55.9 Å². The van der Waals surface area contributed by atoms with Gasteiger partial charge >= 0.3 is 11.4 Å². The summed E-state index contributed by atoms with van der Waals surface area (Å²) in [6, 6.07) is 7.00. The van der Waals surface area contributed by atoms with Gasteiger partial charge in [0.2, 0.25) is 0 Å². The lowest BCUT2D eigenvalue weighted by molar-refractivity contribution is -0.128. The molecule has 4 atom stereocenters. The Balaban J connectivity index is 1.35. The Labute approximate surface area is 320 Å². The average Bonchev–Trinajstić information content (AvgIpc) is 3.39. The second kappa shape index (κ2) is 13.1. The number of nitrogens with zero attached hydrogens (tertiary/aromatic N) is 5. The number of Topliss-reactive ketones (excluding diaryl/α,β-unsaturated/α-hetero) is 2. The Morgan fingerprint density at radius 2 is 1.70 bits per heavy atom. The summed E-state index contributed by atoms with van der Waals surface area (Å²) in [5.74, 6) is -2.58. The van der Waals surface area contributed by atoms with E-state index >= 15 is 0 Å². The molecule has 13 nitrogen and oxygen atoms in total. The van der Waals surface area contributed by atoms with Crippen molar-refractivity contribution in [1.29, 1.82) is 0 Å². The lowest BCUT2D eigenvalue weighted by Crippen LogP contribution is -2.67. The maximum absolute atomic E-state index is 14.3. The largest absolute Gasteiger partial charge is 0.507 e. The van der Waals surface area contributed by atoms with Crippen LogP contribution in [0.3, 0.4) is 0 Å². The van der Waals surface area contributed by atoms with Crippen molar-refractivity contribution in [2.24, 2.45) is 7.05 Å². The van der Waals surface area contributed by atoms with Gasteiger partial charge in [-0.3, -0.25) is 14.4 Å². The maximum atomic E-state index is 14.3. The fourth-order valence-electron chi connectivity index (χ4n) is 7.81. The van der Waals surface area contributed by atoms with Crippen LogP contribution < -0.4 is 26.4 Å². The molecule has 2 aliphatic carbocycles. The summed E-state index contributed by atoms with van der Waals surface area (Å²) in [5, 5.41) is 10.3. The summed E-state index contributed by atoms with van der Waals surface area (Å²) in [6.07, 6.45) is 2.95. The first-order valence-electron chi connectivity index (χ1n) is 16.3. The molecule has 7 rings (SSSR count). The molecular weight excluding hydrogens is 772 g/mol. The number of fused-ring (bicyclic) bond motifs is 5. The fourth-order valence-corrected chi connectivity index (χ4v) is 9.32. The van der Waals surface area contributed by atoms with Crippen LogP contribution in [0.1, 0.15) is 35.2 Å². The molecule has 2 aromatic heterocycles. The molecule has 1 aliphatic heterocycles. The minimum atomic E-state index is -2.29. The molecule has 1 saturated carbocycles. The van der Waals surface area contributed by atoms with Gasteiger partial charge in [-0.2, -0.15) is 0 Å². The third-order valence-corrected chi connectivity index (χ3v) is 12.7. The summed E-state index contributed by atoms with van der Waals surface area (Å²) in [7, 11) is 4.52. The van der Waals surface area contributed by atoms with Gasteiger partial charge in [0, 0.05) is 50.0 Å². The van der Waals surface area contributed by atoms with Crippen LogP contribution in [0.4, 0.5) is 0 Å². The number of phenolic OH excluding ortho intramolecular Hbond substituents is 1. The predicted molar refractivity (Wildman–Crippen MR) is 199 cm³/mol. The number of aromatic hydroxyl groups is 1. The second-order valence-corrected chi connectivity index (χ2v) is 15.0. The number of para-hydroxylation sites is 1. The van der Waals surface area contributed by atoms with E-state index in [0.717, 1.165) is 4.57 Å². The number of aryl methyl sites for hydroxylation is 2. The Hall–Kier alpha value is -4.56. The molecule has 3 heterocycles. The van der Waals surface area contributed by atoms with Crippen LogP contribution in [0.2, 0.25) is 0 Å². The van der Waals surface area contributed by atoms with Gasteiger partial charge < -0.3 is 19.1 Å². The third-order valence-electron chi connectivity index (χ3n) is 10.4. The van der Waals surface area contributed by atoms with Crippen LogP contribution in [0.5, 0.6) is 17.2 Å². The molecule has 17 heteroatoms. The molecule has 276 valence electrons. The van der Waals surface area contributed by atoms with Crippen molar-refractivity contribution in [3.8, 4) is 17.2 Å². The lowest BCUT2D eigenvalue weighted by atomic mass is 9.59. The number of allylic oxidation sites excluding steroid dienone is 5. The highest BCUT2D eigenvalue weighted by molar-refractivity contribution is 6.66. The molecule has 0 amide bonds. The van der Waals surface area contributed by atoms with Crippen LogP contribution >= 0.6 is 46.4 Å². The molecule has 4 aromatic rings. The second-order valence-electron chi connectivity index (χ2n) is 13.0. The van der Waals surface area contributed by atoms with Crippen LogP contribution in [0.15, 0.2) is 79.1 Å². The number of hydrogen-bond donors (Lipinski definition) is 1. The molecule has 0 radical (unpaired) electrons. The summed E-state index contributed by atoms with van der Waals surface area (Å²) < 4.78 is 15.5. The normalized spacial score (nSPS) is 23.7. The van der Waals surface area contributed by atoms with Gasteiger partial charge in [-0.1, -0.05) is 53.6 Å². The van der Waals surface area contributed by atoms with Crippen LogP contribution in [0.25, 0.3) is 11.0 Å². The SMILES string of the molecule is C=CCc1cccc(C2C3=CCn4c(=O)n(CCc5nc6cc(OC)c(OC)cc6n(C)c5=O)c(=O)n4C3CC3(Cl)C(=O)C(Cl)=C(Cl)C(=O)C23Cl)c1O.